The molecule has 0 fully saturated rings. The molecule has 0 radical (unpaired) electrons. The molecule has 200 valence electrons. The first kappa shape index (κ1) is 29.7. The Labute approximate surface area is 237 Å². The summed E-state index contributed by atoms with van der Waals surface area (Å²) in [6.07, 6.45) is 2.01. The van der Waals surface area contributed by atoms with Gasteiger partial charge in [-0.05, 0) is 66.9 Å². The zero-order valence-electron chi connectivity index (χ0n) is 21.4. The molecule has 0 atom stereocenters. The lowest BCUT2D eigenvalue weighted by Crippen LogP contribution is -2.03. The van der Waals surface area contributed by atoms with Crippen LogP contribution in [0.3, 0.4) is 0 Å². The van der Waals surface area contributed by atoms with Gasteiger partial charge in [-0.25, -0.2) is 0 Å². The maximum absolute atomic E-state index is 11.8. The minimum atomic E-state index is -0.0249. The average molecular weight is 559 g/mol. The van der Waals surface area contributed by atoms with Crippen LogP contribution >= 0.6 is 23.5 Å². The molecule has 4 rings (SSSR count). The van der Waals surface area contributed by atoms with E-state index in [0.29, 0.717) is 25.1 Å². The lowest BCUT2D eigenvalue weighted by atomic mass is 10.1. The Morgan fingerprint density at radius 1 is 0.590 bits per heavy atom. The minimum absolute atomic E-state index is 0.0249. The van der Waals surface area contributed by atoms with Gasteiger partial charge in [0.05, 0.1) is 13.2 Å². The Bertz CT molecular complexity index is 1260. The van der Waals surface area contributed by atoms with E-state index in [-0.39, 0.29) is 18.8 Å². The van der Waals surface area contributed by atoms with Gasteiger partial charge in [-0.15, -0.1) is 0 Å². The maximum Gasteiger partial charge on any atom is 0.293 e. The number of carbonyl (C=O) groups is 3. The highest BCUT2D eigenvalue weighted by Gasteiger charge is 2.06. The van der Waals surface area contributed by atoms with Crippen LogP contribution in [0.15, 0.2) is 129 Å². The van der Waals surface area contributed by atoms with E-state index in [4.69, 9.17) is 0 Å². The molecule has 4 aromatic rings. The van der Waals surface area contributed by atoms with E-state index in [9.17, 15) is 14.4 Å². The molecule has 0 aromatic heterocycles. The third-order valence-corrected chi connectivity index (χ3v) is 7.40. The number of ether oxygens (including phenoxy) is 2. The molecule has 0 bridgehead atoms. The topological polar surface area (TPSA) is 69.7 Å². The van der Waals surface area contributed by atoms with E-state index in [1.807, 2.05) is 60.7 Å². The van der Waals surface area contributed by atoms with Gasteiger partial charge in [0, 0.05) is 31.6 Å². The molecule has 0 saturated heterocycles. The summed E-state index contributed by atoms with van der Waals surface area (Å²) in [6.45, 7) is 1.47. The first-order valence-corrected chi connectivity index (χ1v) is 14.1. The normalized spacial score (nSPS) is 10.1. The standard InChI is InChI=1S/C16H14O3S.C16H16O2S/c17-12-19-11-10-16(18)13-6-8-15(9-7-13)20-14-4-2-1-3-5-14;17-13-18-12-4-5-14-8-10-16(11-9-14)19-15-6-2-1-3-7-15/h1-9,12H,10-11H2;1-3,6-11,13H,4-5,12H2. The number of benzene rings is 4. The Hall–Kier alpha value is -3.81. The summed E-state index contributed by atoms with van der Waals surface area (Å²) in [4.78, 5) is 36.5. The number of Topliss-reactive ketones (excluding diaryl/α,β-unsaturated/α-hetero) is 1. The fourth-order valence-corrected chi connectivity index (χ4v) is 5.11. The second-order valence-electron chi connectivity index (χ2n) is 8.21. The van der Waals surface area contributed by atoms with Gasteiger partial charge in [0.15, 0.2) is 5.78 Å². The molecule has 7 heteroatoms. The zero-order chi connectivity index (χ0) is 27.5. The van der Waals surface area contributed by atoms with Gasteiger partial charge in [0.25, 0.3) is 12.9 Å². The third-order valence-electron chi connectivity index (χ3n) is 5.37. The van der Waals surface area contributed by atoms with Crippen LogP contribution in [0.4, 0.5) is 0 Å². The van der Waals surface area contributed by atoms with E-state index in [1.54, 1.807) is 35.7 Å². The van der Waals surface area contributed by atoms with Crippen molar-refractivity contribution in [3.8, 4) is 0 Å². The van der Waals surface area contributed by atoms with Crippen LogP contribution < -0.4 is 0 Å². The molecule has 0 aliphatic rings. The number of aryl methyl sites for hydroxylation is 1. The Morgan fingerprint density at radius 2 is 1.05 bits per heavy atom. The summed E-state index contributed by atoms with van der Waals surface area (Å²) in [7, 11) is 0. The van der Waals surface area contributed by atoms with Crippen LogP contribution in [0.5, 0.6) is 0 Å². The maximum atomic E-state index is 11.8. The summed E-state index contributed by atoms with van der Waals surface area (Å²) >= 11 is 3.40. The van der Waals surface area contributed by atoms with Crippen molar-refractivity contribution >= 4 is 42.3 Å². The molecule has 0 aliphatic heterocycles. The highest BCUT2D eigenvalue weighted by Crippen LogP contribution is 2.28. The summed E-state index contributed by atoms with van der Waals surface area (Å²) in [6, 6.07) is 36.3. The van der Waals surface area contributed by atoms with E-state index >= 15 is 0 Å². The van der Waals surface area contributed by atoms with Gasteiger partial charge in [-0.1, -0.05) is 84.2 Å². The average Bonchev–Trinajstić information content (AvgIpc) is 2.98. The lowest BCUT2D eigenvalue weighted by Gasteiger charge is -2.04. The molecule has 0 unspecified atom stereocenters. The van der Waals surface area contributed by atoms with Gasteiger partial charge < -0.3 is 9.47 Å². The van der Waals surface area contributed by atoms with Crippen molar-refractivity contribution in [1.82, 2.24) is 0 Å². The molecule has 0 spiro atoms. The molecule has 39 heavy (non-hydrogen) atoms. The van der Waals surface area contributed by atoms with E-state index in [0.717, 1.165) is 22.6 Å². The van der Waals surface area contributed by atoms with Crippen molar-refractivity contribution in [2.24, 2.45) is 0 Å². The first-order chi connectivity index (χ1) is 19.2. The molecule has 4 aromatic carbocycles. The van der Waals surface area contributed by atoms with Crippen LogP contribution in [0, 0.1) is 0 Å². The molecular weight excluding hydrogens is 528 g/mol. The third kappa shape index (κ3) is 11.6. The Kier molecular flexibility index (Phi) is 13.5. The second-order valence-corrected chi connectivity index (χ2v) is 10.5. The smallest absolute Gasteiger partial charge is 0.293 e. The lowest BCUT2D eigenvalue weighted by molar-refractivity contribution is -0.129. The summed E-state index contributed by atoms with van der Waals surface area (Å²) in [5, 5.41) is 0. The van der Waals surface area contributed by atoms with Gasteiger partial charge >= 0.3 is 0 Å². The number of rotatable bonds is 14. The molecule has 0 amide bonds. The largest absolute Gasteiger partial charge is 0.468 e. The van der Waals surface area contributed by atoms with Gasteiger partial charge in [0.2, 0.25) is 0 Å². The van der Waals surface area contributed by atoms with Crippen molar-refractivity contribution < 1.29 is 23.9 Å². The highest BCUT2D eigenvalue weighted by molar-refractivity contribution is 7.99. The molecular formula is C32H30O5S2. The number of carbonyl (C=O) groups excluding carboxylic acids is 3. The van der Waals surface area contributed by atoms with E-state index in [2.05, 4.69) is 45.9 Å². The first-order valence-electron chi connectivity index (χ1n) is 12.5. The molecule has 0 aliphatic carbocycles. The van der Waals surface area contributed by atoms with Gasteiger partial charge in [-0.3, -0.25) is 14.4 Å². The molecule has 0 saturated carbocycles. The van der Waals surface area contributed by atoms with E-state index < -0.39 is 0 Å². The van der Waals surface area contributed by atoms with Gasteiger partial charge in [-0.2, -0.15) is 0 Å². The number of ketones is 1. The van der Waals surface area contributed by atoms with Crippen LogP contribution in [0.1, 0.15) is 28.8 Å². The Balaban J connectivity index is 0.000000216. The summed E-state index contributed by atoms with van der Waals surface area (Å²) in [5.74, 6) is -0.0249. The van der Waals surface area contributed by atoms with Crippen molar-refractivity contribution in [2.75, 3.05) is 13.2 Å². The van der Waals surface area contributed by atoms with Crippen molar-refractivity contribution in [1.29, 1.82) is 0 Å². The predicted molar refractivity (Wildman–Crippen MR) is 155 cm³/mol. The second kappa shape index (κ2) is 17.7. The Morgan fingerprint density at radius 3 is 1.56 bits per heavy atom. The quantitative estimate of drug-likeness (QED) is 0.0900. The van der Waals surface area contributed by atoms with Crippen molar-refractivity contribution in [3.63, 3.8) is 0 Å². The number of hydrogen-bond donors (Lipinski definition) is 0. The predicted octanol–water partition coefficient (Wildman–Crippen LogP) is 7.53. The monoisotopic (exact) mass is 558 g/mol. The fraction of sp³-hybridized carbons (Fsp3) is 0.156. The fourth-order valence-electron chi connectivity index (χ4n) is 3.43. The molecule has 5 nitrogen and oxygen atoms in total. The van der Waals surface area contributed by atoms with Crippen LogP contribution in [0.2, 0.25) is 0 Å². The van der Waals surface area contributed by atoms with Crippen LogP contribution in [-0.2, 0) is 25.5 Å². The highest BCUT2D eigenvalue weighted by atomic mass is 32.2. The van der Waals surface area contributed by atoms with Crippen LogP contribution in [-0.4, -0.2) is 31.9 Å². The zero-order valence-corrected chi connectivity index (χ0v) is 23.1. The molecule has 0 N–H and O–H groups in total. The van der Waals surface area contributed by atoms with Gasteiger partial charge in [0.1, 0.15) is 0 Å². The number of hydrogen-bond acceptors (Lipinski definition) is 7. The van der Waals surface area contributed by atoms with Crippen molar-refractivity contribution in [2.45, 2.75) is 38.8 Å². The molecule has 0 heterocycles. The van der Waals surface area contributed by atoms with E-state index in [1.165, 1.54) is 15.4 Å². The van der Waals surface area contributed by atoms with Crippen LogP contribution in [0.25, 0.3) is 0 Å². The minimum Gasteiger partial charge on any atom is -0.468 e. The summed E-state index contributed by atoms with van der Waals surface area (Å²) in [5.41, 5.74) is 1.91. The SMILES string of the molecule is O=COCCC(=O)c1ccc(Sc2ccccc2)cc1.O=COCCCc1ccc(Sc2ccccc2)cc1. The van der Waals surface area contributed by atoms with Crippen molar-refractivity contribution in [3.05, 3.63) is 120 Å². The summed E-state index contributed by atoms with van der Waals surface area (Å²) < 4.78 is 9.20.